The molecule has 0 saturated heterocycles. The highest BCUT2D eigenvalue weighted by molar-refractivity contribution is 8.00. The second-order valence-corrected chi connectivity index (χ2v) is 10.7. The van der Waals surface area contributed by atoms with Gasteiger partial charge in [0.15, 0.2) is 0 Å². The molecule has 3 rings (SSSR count). The molecule has 0 amide bonds. The fraction of sp³-hybridized carbons (Fsp3) is 0.100. The maximum Gasteiger partial charge on any atom is 0.112 e. The molecule has 0 fully saturated rings. The predicted molar refractivity (Wildman–Crippen MR) is 101 cm³/mol. The Bertz CT molecular complexity index is 736. The van der Waals surface area contributed by atoms with Gasteiger partial charge in [0.2, 0.25) is 0 Å². The summed E-state index contributed by atoms with van der Waals surface area (Å²) in [7, 11) is -1.34. The van der Waals surface area contributed by atoms with E-state index in [4.69, 9.17) is 0 Å². The smallest absolute Gasteiger partial charge is 0.0859 e. The molecule has 0 nitrogen and oxygen atoms in total. The van der Waals surface area contributed by atoms with Crippen LogP contribution in [0, 0.1) is 0 Å². The van der Waals surface area contributed by atoms with E-state index in [1.165, 1.54) is 20.4 Å². The number of benzene rings is 3. The molecule has 0 atom stereocenters. The van der Waals surface area contributed by atoms with Gasteiger partial charge < -0.3 is 0 Å². The van der Waals surface area contributed by atoms with Gasteiger partial charge in [-0.2, -0.15) is 0 Å². The molecule has 0 unspecified atom stereocenters. The van der Waals surface area contributed by atoms with Crippen molar-refractivity contribution in [1.29, 1.82) is 0 Å². The standard InChI is InChI=1S/C20H20PS/c1-21(2,17-11-5-3-6-12-17)19-15-9-10-16-20(19)22-18-13-7-4-8-14-18/h3-16H,1-2H3/q+1. The lowest BCUT2D eigenvalue weighted by atomic mass is 10.4. The second-order valence-electron chi connectivity index (χ2n) is 5.67. The molecule has 0 aromatic heterocycles. The molecule has 0 heterocycles. The van der Waals surface area contributed by atoms with Gasteiger partial charge in [-0.15, -0.1) is 0 Å². The maximum absolute atomic E-state index is 2.41. The molecule has 3 aromatic carbocycles. The van der Waals surface area contributed by atoms with Gasteiger partial charge in [-0.05, 0) is 36.4 Å². The largest absolute Gasteiger partial charge is 0.112 e. The van der Waals surface area contributed by atoms with Crippen molar-refractivity contribution < 1.29 is 0 Å². The van der Waals surface area contributed by atoms with Crippen LogP contribution in [0.2, 0.25) is 0 Å². The number of hydrogen-bond acceptors (Lipinski definition) is 1. The zero-order valence-corrected chi connectivity index (χ0v) is 14.6. The van der Waals surface area contributed by atoms with Crippen molar-refractivity contribution in [3.8, 4) is 0 Å². The van der Waals surface area contributed by atoms with Crippen molar-refractivity contribution in [2.75, 3.05) is 13.3 Å². The van der Waals surface area contributed by atoms with Crippen molar-refractivity contribution in [3.63, 3.8) is 0 Å². The van der Waals surface area contributed by atoms with E-state index in [0.29, 0.717) is 0 Å². The zero-order valence-electron chi connectivity index (χ0n) is 12.9. The van der Waals surface area contributed by atoms with Gasteiger partial charge in [0.05, 0.1) is 30.8 Å². The summed E-state index contributed by atoms with van der Waals surface area (Å²) in [5.74, 6) is 0. The van der Waals surface area contributed by atoms with Crippen molar-refractivity contribution in [3.05, 3.63) is 84.9 Å². The third-order valence-electron chi connectivity index (χ3n) is 3.84. The average Bonchev–Trinajstić information content (AvgIpc) is 2.57. The van der Waals surface area contributed by atoms with Crippen LogP contribution >= 0.6 is 19.0 Å². The third-order valence-corrected chi connectivity index (χ3v) is 8.26. The van der Waals surface area contributed by atoms with Crippen molar-refractivity contribution in [2.24, 2.45) is 0 Å². The molecule has 0 N–H and O–H groups in total. The first-order valence-electron chi connectivity index (χ1n) is 7.40. The summed E-state index contributed by atoms with van der Waals surface area (Å²) in [6.07, 6.45) is 0. The topological polar surface area (TPSA) is 0 Å². The van der Waals surface area contributed by atoms with Crippen LogP contribution in [0.25, 0.3) is 0 Å². The molecule has 110 valence electrons. The van der Waals surface area contributed by atoms with Crippen LogP contribution in [0.5, 0.6) is 0 Å². The Morgan fingerprint density at radius 3 is 1.86 bits per heavy atom. The fourth-order valence-electron chi connectivity index (χ4n) is 2.56. The van der Waals surface area contributed by atoms with E-state index in [-0.39, 0.29) is 0 Å². The van der Waals surface area contributed by atoms with Gasteiger partial charge in [0, 0.05) is 4.90 Å². The minimum absolute atomic E-state index is 1.29. The summed E-state index contributed by atoms with van der Waals surface area (Å²) in [5, 5.41) is 2.94. The minimum atomic E-state index is -1.34. The van der Waals surface area contributed by atoms with Gasteiger partial charge in [0.25, 0.3) is 0 Å². The van der Waals surface area contributed by atoms with Gasteiger partial charge >= 0.3 is 0 Å². The SMILES string of the molecule is C[P+](C)(c1ccccc1)c1ccccc1Sc1ccccc1. The molecule has 22 heavy (non-hydrogen) atoms. The summed E-state index contributed by atoms with van der Waals surface area (Å²) < 4.78 is 0. The second kappa shape index (κ2) is 6.69. The van der Waals surface area contributed by atoms with E-state index in [1.807, 2.05) is 11.8 Å². The summed E-state index contributed by atoms with van der Waals surface area (Å²) in [5.41, 5.74) is 0. The highest BCUT2D eigenvalue weighted by Crippen LogP contribution is 2.51. The van der Waals surface area contributed by atoms with Crippen LogP contribution in [0.4, 0.5) is 0 Å². The van der Waals surface area contributed by atoms with Crippen LogP contribution in [-0.2, 0) is 0 Å². The molecule has 3 aromatic rings. The molecule has 0 aliphatic heterocycles. The van der Waals surface area contributed by atoms with E-state index in [2.05, 4.69) is 98.3 Å². The Morgan fingerprint density at radius 1 is 0.636 bits per heavy atom. The van der Waals surface area contributed by atoms with Crippen molar-refractivity contribution >= 4 is 29.6 Å². The first-order chi connectivity index (χ1) is 10.7. The summed E-state index contributed by atoms with van der Waals surface area (Å²) >= 11 is 1.86. The van der Waals surface area contributed by atoms with E-state index >= 15 is 0 Å². The Hall–Kier alpha value is -1.56. The highest BCUT2D eigenvalue weighted by Gasteiger charge is 2.33. The van der Waals surface area contributed by atoms with E-state index in [1.54, 1.807) is 0 Å². The van der Waals surface area contributed by atoms with E-state index in [0.717, 1.165) is 0 Å². The highest BCUT2D eigenvalue weighted by atomic mass is 32.2. The molecule has 0 aliphatic carbocycles. The maximum atomic E-state index is 2.41. The first-order valence-corrected chi connectivity index (χ1v) is 10.9. The van der Waals surface area contributed by atoms with E-state index in [9.17, 15) is 0 Å². The van der Waals surface area contributed by atoms with Crippen LogP contribution in [0.1, 0.15) is 0 Å². The zero-order chi connectivity index (χ0) is 15.4. The van der Waals surface area contributed by atoms with Crippen LogP contribution in [0.3, 0.4) is 0 Å². The van der Waals surface area contributed by atoms with Crippen LogP contribution in [0.15, 0.2) is 94.7 Å². The van der Waals surface area contributed by atoms with Crippen molar-refractivity contribution in [1.82, 2.24) is 0 Å². The third kappa shape index (κ3) is 3.27. The monoisotopic (exact) mass is 323 g/mol. The molecular formula is C20H20PS+. The summed E-state index contributed by atoms with van der Waals surface area (Å²) in [6, 6.07) is 30.4. The van der Waals surface area contributed by atoms with Crippen LogP contribution < -0.4 is 10.6 Å². The minimum Gasteiger partial charge on any atom is -0.0859 e. The van der Waals surface area contributed by atoms with E-state index < -0.39 is 7.26 Å². The molecule has 0 radical (unpaired) electrons. The summed E-state index contributed by atoms with van der Waals surface area (Å²) in [4.78, 5) is 2.67. The fourth-order valence-corrected chi connectivity index (χ4v) is 6.53. The predicted octanol–water partition coefficient (Wildman–Crippen LogP) is 5.07. The Labute approximate surface area is 137 Å². The molecule has 0 saturated carbocycles. The van der Waals surface area contributed by atoms with Gasteiger partial charge in [-0.1, -0.05) is 60.3 Å². The van der Waals surface area contributed by atoms with Crippen LogP contribution in [-0.4, -0.2) is 13.3 Å². The lowest BCUT2D eigenvalue weighted by molar-refractivity contribution is 1.43. The summed E-state index contributed by atoms with van der Waals surface area (Å²) in [6.45, 7) is 4.82. The number of rotatable bonds is 4. The lowest BCUT2D eigenvalue weighted by Gasteiger charge is -2.20. The Balaban J connectivity index is 2.01. The number of hydrogen-bond donors (Lipinski definition) is 0. The first kappa shape index (κ1) is 15.3. The molecular weight excluding hydrogens is 303 g/mol. The van der Waals surface area contributed by atoms with Gasteiger partial charge in [-0.3, -0.25) is 0 Å². The molecule has 0 spiro atoms. The Kier molecular flexibility index (Phi) is 4.66. The lowest BCUT2D eigenvalue weighted by Crippen LogP contribution is -2.21. The van der Waals surface area contributed by atoms with Crippen molar-refractivity contribution in [2.45, 2.75) is 9.79 Å². The average molecular weight is 323 g/mol. The van der Waals surface area contributed by atoms with Gasteiger partial charge in [-0.25, -0.2) is 0 Å². The molecule has 0 aliphatic rings. The van der Waals surface area contributed by atoms with Gasteiger partial charge in [0.1, 0.15) is 5.30 Å². The quantitative estimate of drug-likeness (QED) is 0.604. The normalized spacial score (nSPS) is 11.4. The molecule has 0 bridgehead atoms. The molecule has 2 heteroatoms. The Morgan fingerprint density at radius 2 is 1.18 bits per heavy atom.